The van der Waals surface area contributed by atoms with Gasteiger partial charge in [-0.2, -0.15) is 0 Å². The number of hydrogen-bond donors (Lipinski definition) is 2. The molecule has 1 aromatic carbocycles. The minimum absolute atomic E-state index is 0.0649. The first-order chi connectivity index (χ1) is 15.8. The summed E-state index contributed by atoms with van der Waals surface area (Å²) in [5, 5.41) is 13.6. The zero-order chi connectivity index (χ0) is 23.8. The van der Waals surface area contributed by atoms with Crippen molar-refractivity contribution in [2.75, 3.05) is 7.05 Å². The first kappa shape index (κ1) is 23.5. The van der Waals surface area contributed by atoms with Crippen LogP contribution in [0.1, 0.15) is 80.6 Å². The van der Waals surface area contributed by atoms with E-state index in [-0.39, 0.29) is 29.1 Å². The fourth-order valence-electron chi connectivity index (χ4n) is 6.94. The van der Waals surface area contributed by atoms with Crippen LogP contribution in [0.25, 0.3) is 0 Å². The second-order valence-corrected chi connectivity index (χ2v) is 10.2. The minimum atomic E-state index is -0.244. The number of aliphatic hydroxyl groups excluding tert-OH is 1. The van der Waals surface area contributed by atoms with Gasteiger partial charge in [0.2, 0.25) is 0 Å². The molecule has 0 aliphatic heterocycles. The van der Waals surface area contributed by atoms with Gasteiger partial charge < -0.3 is 10.4 Å². The highest BCUT2D eigenvalue weighted by Gasteiger charge is 2.56. The molecule has 1 amide bonds. The number of nitrogens with one attached hydrogen (secondary N) is 1. The Morgan fingerprint density at radius 1 is 1.15 bits per heavy atom. The van der Waals surface area contributed by atoms with Crippen molar-refractivity contribution in [2.24, 2.45) is 17.3 Å². The van der Waals surface area contributed by atoms with Crippen LogP contribution < -0.4 is 5.32 Å². The van der Waals surface area contributed by atoms with E-state index < -0.39 is 0 Å². The SMILES string of the molecule is C#CC.CNC(=O)c1ccc(C2CC3(C)C(O)CCC3C3CCC4=CC(=O)CCC4=C23)cc1. The zero-order valence-electron chi connectivity index (χ0n) is 20.0. The molecule has 2 N–H and O–H groups in total. The number of aliphatic hydroxyl groups is 1. The highest BCUT2D eigenvalue weighted by Crippen LogP contribution is 2.63. The topological polar surface area (TPSA) is 66.4 Å². The van der Waals surface area contributed by atoms with Crippen LogP contribution >= 0.6 is 0 Å². The lowest BCUT2D eigenvalue weighted by molar-refractivity contribution is -0.114. The number of hydrogen-bond acceptors (Lipinski definition) is 3. The normalized spacial score (nSPS) is 32.3. The second-order valence-electron chi connectivity index (χ2n) is 10.2. The van der Waals surface area contributed by atoms with Crippen LogP contribution in [0, 0.1) is 29.6 Å². The predicted octanol–water partition coefficient (Wildman–Crippen LogP) is 4.95. The number of allylic oxidation sites excluding steroid dienone is 4. The van der Waals surface area contributed by atoms with Crippen LogP contribution in [0.2, 0.25) is 0 Å². The molecule has 2 saturated carbocycles. The van der Waals surface area contributed by atoms with E-state index in [2.05, 4.69) is 36.7 Å². The lowest BCUT2D eigenvalue weighted by Crippen LogP contribution is -2.45. The Balaban J connectivity index is 0.000000821. The first-order valence-corrected chi connectivity index (χ1v) is 12.2. The molecule has 4 aliphatic rings. The maximum Gasteiger partial charge on any atom is 0.251 e. The maximum atomic E-state index is 12.1. The number of benzene rings is 1. The quantitative estimate of drug-likeness (QED) is 0.633. The van der Waals surface area contributed by atoms with E-state index in [1.165, 1.54) is 22.3 Å². The molecule has 4 nitrogen and oxygen atoms in total. The summed E-state index contributed by atoms with van der Waals surface area (Å²) < 4.78 is 0. The summed E-state index contributed by atoms with van der Waals surface area (Å²) >= 11 is 0. The summed E-state index contributed by atoms with van der Waals surface area (Å²) in [6, 6.07) is 8.02. The van der Waals surface area contributed by atoms with Crippen LogP contribution in [0.5, 0.6) is 0 Å². The van der Waals surface area contributed by atoms with Gasteiger partial charge in [-0.15, -0.1) is 12.3 Å². The molecule has 0 aromatic heterocycles. The van der Waals surface area contributed by atoms with Gasteiger partial charge in [0.15, 0.2) is 5.78 Å². The molecule has 0 spiro atoms. The Morgan fingerprint density at radius 3 is 2.52 bits per heavy atom. The Morgan fingerprint density at radius 2 is 1.85 bits per heavy atom. The van der Waals surface area contributed by atoms with Crippen molar-refractivity contribution in [1.82, 2.24) is 5.32 Å². The van der Waals surface area contributed by atoms with Crippen molar-refractivity contribution in [1.29, 1.82) is 0 Å². The molecule has 5 rings (SSSR count). The maximum absolute atomic E-state index is 12.1. The van der Waals surface area contributed by atoms with Gasteiger partial charge in [-0.05, 0) is 97.6 Å². The zero-order valence-corrected chi connectivity index (χ0v) is 20.0. The van der Waals surface area contributed by atoms with Crippen molar-refractivity contribution in [3.8, 4) is 12.3 Å². The van der Waals surface area contributed by atoms with Crippen molar-refractivity contribution in [3.63, 3.8) is 0 Å². The molecular formula is C29H35NO3. The standard InChI is InChI=1S/C26H31NO3.C3H4/c1-26-14-21(15-3-5-16(6-4-15)25(30)27-2)24-19-10-8-18(28)13-17(19)7-9-20(24)22(26)11-12-23(26)29;1-3-2/h3-6,13,20-23,29H,7-12,14H2,1-2H3,(H,27,30);1H,2H3. The number of carbonyl (C=O) groups is 2. The van der Waals surface area contributed by atoms with Gasteiger partial charge in [-0.3, -0.25) is 9.59 Å². The summed E-state index contributed by atoms with van der Waals surface area (Å²) in [5.74, 6) is 3.70. The Hall–Kier alpha value is -2.64. The third kappa shape index (κ3) is 4.08. The van der Waals surface area contributed by atoms with Gasteiger partial charge in [0.25, 0.3) is 5.91 Å². The molecule has 0 saturated heterocycles. The molecule has 0 radical (unpaired) electrons. The lowest BCUT2D eigenvalue weighted by Gasteiger charge is -2.52. The largest absolute Gasteiger partial charge is 0.393 e. The predicted molar refractivity (Wildman–Crippen MR) is 131 cm³/mol. The van der Waals surface area contributed by atoms with Crippen molar-refractivity contribution in [3.05, 3.63) is 58.2 Å². The summed E-state index contributed by atoms with van der Waals surface area (Å²) in [7, 11) is 1.65. The minimum Gasteiger partial charge on any atom is -0.393 e. The summed E-state index contributed by atoms with van der Waals surface area (Å²) in [4.78, 5) is 24.1. The van der Waals surface area contributed by atoms with Crippen LogP contribution in [0.15, 0.2) is 47.1 Å². The molecule has 2 fully saturated rings. The monoisotopic (exact) mass is 445 g/mol. The van der Waals surface area contributed by atoms with Gasteiger partial charge in [0.1, 0.15) is 0 Å². The molecule has 0 bridgehead atoms. The van der Waals surface area contributed by atoms with Gasteiger partial charge in [-0.25, -0.2) is 0 Å². The fraction of sp³-hybridized carbons (Fsp3) is 0.517. The number of ketones is 1. The van der Waals surface area contributed by atoms with Gasteiger partial charge >= 0.3 is 0 Å². The van der Waals surface area contributed by atoms with Crippen LogP contribution in [0.4, 0.5) is 0 Å². The van der Waals surface area contributed by atoms with E-state index in [1.54, 1.807) is 14.0 Å². The molecule has 4 heteroatoms. The Labute approximate surface area is 197 Å². The molecule has 5 atom stereocenters. The lowest BCUT2D eigenvalue weighted by atomic mass is 9.53. The van der Waals surface area contributed by atoms with Gasteiger partial charge in [-0.1, -0.05) is 24.6 Å². The number of terminal acetylenes is 1. The highest BCUT2D eigenvalue weighted by molar-refractivity contribution is 5.94. The van der Waals surface area contributed by atoms with Crippen molar-refractivity contribution >= 4 is 11.7 Å². The molecule has 174 valence electrons. The van der Waals surface area contributed by atoms with Crippen molar-refractivity contribution < 1.29 is 14.7 Å². The van der Waals surface area contributed by atoms with E-state index in [4.69, 9.17) is 0 Å². The smallest absolute Gasteiger partial charge is 0.251 e. The molecule has 5 unspecified atom stereocenters. The number of carbonyl (C=O) groups excluding carboxylic acids is 2. The molecular weight excluding hydrogens is 410 g/mol. The molecule has 0 heterocycles. The Bertz CT molecular complexity index is 1040. The second kappa shape index (κ2) is 9.31. The van der Waals surface area contributed by atoms with Gasteiger partial charge in [0.05, 0.1) is 6.10 Å². The fourth-order valence-corrected chi connectivity index (χ4v) is 6.94. The molecule has 4 aliphatic carbocycles. The van der Waals surface area contributed by atoms with E-state index in [9.17, 15) is 14.7 Å². The average Bonchev–Trinajstić information content (AvgIpc) is 3.12. The molecule has 1 aromatic rings. The average molecular weight is 446 g/mol. The van der Waals surface area contributed by atoms with E-state index in [0.717, 1.165) is 38.5 Å². The third-order valence-electron chi connectivity index (χ3n) is 8.48. The third-order valence-corrected chi connectivity index (χ3v) is 8.48. The summed E-state index contributed by atoms with van der Waals surface area (Å²) in [5.41, 5.74) is 6.05. The van der Waals surface area contributed by atoms with E-state index in [1.807, 2.05) is 18.2 Å². The van der Waals surface area contributed by atoms with Crippen LogP contribution in [-0.4, -0.2) is 29.9 Å². The van der Waals surface area contributed by atoms with Crippen molar-refractivity contribution in [2.45, 2.75) is 70.8 Å². The van der Waals surface area contributed by atoms with Crippen LogP contribution in [-0.2, 0) is 4.79 Å². The number of amides is 1. The summed E-state index contributed by atoms with van der Waals surface area (Å²) in [6.45, 7) is 3.94. The highest BCUT2D eigenvalue weighted by atomic mass is 16.3. The summed E-state index contributed by atoms with van der Waals surface area (Å²) in [6.07, 6.45) is 12.7. The van der Waals surface area contributed by atoms with E-state index in [0.29, 0.717) is 23.8 Å². The van der Waals surface area contributed by atoms with Gasteiger partial charge in [0, 0.05) is 24.9 Å². The first-order valence-electron chi connectivity index (χ1n) is 12.2. The molecule has 33 heavy (non-hydrogen) atoms. The van der Waals surface area contributed by atoms with E-state index >= 15 is 0 Å². The Kier molecular flexibility index (Phi) is 6.64. The van der Waals surface area contributed by atoms with Crippen LogP contribution in [0.3, 0.4) is 0 Å². The number of fused-ring (bicyclic) bond motifs is 4. The number of rotatable bonds is 2.